The summed E-state index contributed by atoms with van der Waals surface area (Å²) in [5.74, 6) is 0.444. The Morgan fingerprint density at radius 3 is 2.40 bits per heavy atom. The number of aryl methyl sites for hydroxylation is 1. The zero-order valence-electron chi connectivity index (χ0n) is 17.3. The zero-order chi connectivity index (χ0) is 19.2. The van der Waals surface area contributed by atoms with Crippen molar-refractivity contribution in [3.8, 4) is 0 Å². The largest absolute Gasteiger partial charge is 0.301 e. The molecule has 1 aromatic rings. The van der Waals surface area contributed by atoms with Gasteiger partial charge in [-0.3, -0.25) is 0 Å². The lowest BCUT2D eigenvalue weighted by Gasteiger charge is -2.19. The summed E-state index contributed by atoms with van der Waals surface area (Å²) < 4.78 is 0. The molecule has 2 rings (SSSR count). The lowest BCUT2D eigenvalue weighted by atomic mass is 9.86. The molecule has 1 aliphatic carbocycles. The van der Waals surface area contributed by atoms with Crippen LogP contribution in [0.1, 0.15) is 72.4 Å². The number of benzene rings is 1. The van der Waals surface area contributed by atoms with E-state index in [1.54, 1.807) is 0 Å². The zero-order valence-corrected chi connectivity index (χ0v) is 17.3. The van der Waals surface area contributed by atoms with Gasteiger partial charge in [0.05, 0.1) is 5.71 Å². The molecule has 0 fully saturated rings. The monoisotopic (exact) mass is 339 g/mol. The number of allylic oxidation sites excluding steroid dienone is 5. The van der Waals surface area contributed by atoms with E-state index in [1.165, 1.54) is 16.7 Å². The molecule has 0 spiro atoms. The van der Waals surface area contributed by atoms with Crippen LogP contribution in [0, 0.1) is 11.3 Å². The highest BCUT2D eigenvalue weighted by Gasteiger charge is 2.15. The van der Waals surface area contributed by atoms with Gasteiger partial charge in [0.2, 0.25) is 0 Å². The maximum absolute atomic E-state index is 8.34. The molecule has 0 heterocycles. The highest BCUT2D eigenvalue weighted by molar-refractivity contribution is 6.09. The number of hydrogen-bond acceptors (Lipinski definition) is 1. The van der Waals surface area contributed by atoms with Crippen LogP contribution in [0.25, 0.3) is 6.08 Å². The molecule has 0 radical (unpaired) electrons. The molecule has 1 nitrogen and oxygen atoms in total. The molecule has 0 amide bonds. The molecule has 138 valence electrons. The predicted molar refractivity (Wildman–Crippen MR) is 116 cm³/mol. The van der Waals surface area contributed by atoms with Gasteiger partial charge < -0.3 is 5.41 Å². The van der Waals surface area contributed by atoms with Crippen LogP contribution in [0.2, 0.25) is 0 Å². The van der Waals surface area contributed by atoms with Crippen molar-refractivity contribution < 1.29 is 0 Å². The predicted octanol–water partition coefficient (Wildman–Crippen LogP) is 7.64. The minimum Gasteiger partial charge on any atom is -0.301 e. The van der Waals surface area contributed by atoms with Crippen LogP contribution in [0.3, 0.4) is 0 Å². The molecule has 0 bridgehead atoms. The van der Waals surface area contributed by atoms with E-state index in [2.05, 4.69) is 63.3 Å². The fraction of sp³-hybridized carbons (Fsp3) is 0.458. The van der Waals surface area contributed by atoms with Gasteiger partial charge in [0, 0.05) is 0 Å². The van der Waals surface area contributed by atoms with Gasteiger partial charge >= 0.3 is 0 Å². The Morgan fingerprint density at radius 2 is 1.80 bits per heavy atom. The summed E-state index contributed by atoms with van der Waals surface area (Å²) in [5.41, 5.74) is 5.68. The molecular formula is C24H37N. The smallest absolute Gasteiger partial charge is 0.0574 e. The van der Waals surface area contributed by atoms with Gasteiger partial charge in [-0.05, 0) is 48.0 Å². The quantitative estimate of drug-likeness (QED) is 0.533. The summed E-state index contributed by atoms with van der Waals surface area (Å²) >= 11 is 0. The standard InChI is InChI=1S/C20H25N.2C2H6/c1-4-16-7-6-8-18(13-16)11-12-20(21)19-14-17(5-2)10-9-15(19)3;2*1-2/h6-8,10-15,21H,4-5,9H2,1-3H3;2*1-2H3/b12-11+,21-20?;;. The molecular weight excluding hydrogens is 302 g/mol. The van der Waals surface area contributed by atoms with Crippen molar-refractivity contribution in [3.05, 3.63) is 64.8 Å². The van der Waals surface area contributed by atoms with Gasteiger partial charge in [-0.15, -0.1) is 0 Å². The van der Waals surface area contributed by atoms with E-state index < -0.39 is 0 Å². The van der Waals surface area contributed by atoms with Gasteiger partial charge in [-0.2, -0.15) is 0 Å². The summed E-state index contributed by atoms with van der Waals surface area (Å²) in [6.45, 7) is 14.5. The number of rotatable bonds is 5. The molecule has 0 aromatic heterocycles. The third-order valence-corrected chi connectivity index (χ3v) is 4.13. The summed E-state index contributed by atoms with van der Waals surface area (Å²) in [4.78, 5) is 0. The Balaban J connectivity index is 0.00000134. The molecule has 0 aliphatic heterocycles. The van der Waals surface area contributed by atoms with Crippen LogP contribution >= 0.6 is 0 Å². The van der Waals surface area contributed by atoms with Crippen molar-refractivity contribution in [2.45, 2.75) is 67.7 Å². The average Bonchev–Trinajstić information content (AvgIpc) is 2.69. The third-order valence-electron chi connectivity index (χ3n) is 4.13. The Labute approximate surface area is 156 Å². The minimum absolute atomic E-state index is 0.444. The van der Waals surface area contributed by atoms with Crippen LogP contribution in [0.15, 0.2) is 53.6 Å². The molecule has 25 heavy (non-hydrogen) atoms. The maximum atomic E-state index is 8.34. The highest BCUT2D eigenvalue weighted by Crippen LogP contribution is 2.26. The van der Waals surface area contributed by atoms with E-state index >= 15 is 0 Å². The summed E-state index contributed by atoms with van der Waals surface area (Å²) in [7, 11) is 0. The SMILES string of the molecule is CC.CC.CCC1=CCC(C)C(C(=N)/C=C/c2cccc(CC)c2)=C1. The van der Waals surface area contributed by atoms with E-state index in [0.29, 0.717) is 11.6 Å². The topological polar surface area (TPSA) is 23.9 Å². The van der Waals surface area contributed by atoms with Crippen molar-refractivity contribution in [2.24, 2.45) is 5.92 Å². The van der Waals surface area contributed by atoms with Crippen molar-refractivity contribution in [1.82, 2.24) is 0 Å². The molecule has 1 atom stereocenters. The van der Waals surface area contributed by atoms with Crippen LogP contribution < -0.4 is 0 Å². The summed E-state index contributed by atoms with van der Waals surface area (Å²) in [5, 5.41) is 8.34. The molecule has 1 heteroatoms. The molecule has 1 aromatic carbocycles. The van der Waals surface area contributed by atoms with Crippen molar-refractivity contribution in [1.29, 1.82) is 5.41 Å². The maximum Gasteiger partial charge on any atom is 0.0574 e. The van der Waals surface area contributed by atoms with Crippen LogP contribution in [-0.4, -0.2) is 5.71 Å². The van der Waals surface area contributed by atoms with E-state index in [1.807, 2.05) is 33.8 Å². The molecule has 1 aliphatic rings. The Kier molecular flexibility index (Phi) is 12.4. The second-order valence-corrected chi connectivity index (χ2v) is 5.71. The molecule has 1 N–H and O–H groups in total. The first-order valence-corrected chi connectivity index (χ1v) is 9.90. The third kappa shape index (κ3) is 7.69. The average molecular weight is 340 g/mol. The Hall–Kier alpha value is -1.89. The Morgan fingerprint density at radius 1 is 1.12 bits per heavy atom. The number of nitrogens with one attached hydrogen (secondary N) is 1. The summed E-state index contributed by atoms with van der Waals surface area (Å²) in [6, 6.07) is 8.52. The lowest BCUT2D eigenvalue weighted by molar-refractivity contribution is 0.703. The van der Waals surface area contributed by atoms with Gasteiger partial charge in [-0.1, -0.05) is 96.5 Å². The first-order valence-electron chi connectivity index (χ1n) is 9.90. The fourth-order valence-electron chi connectivity index (χ4n) is 2.64. The molecule has 0 saturated heterocycles. The van der Waals surface area contributed by atoms with Gasteiger partial charge in [-0.25, -0.2) is 0 Å². The summed E-state index contributed by atoms with van der Waals surface area (Å²) in [6.07, 6.45) is 11.6. The first kappa shape index (κ1) is 23.1. The van der Waals surface area contributed by atoms with Crippen LogP contribution in [-0.2, 0) is 6.42 Å². The fourth-order valence-corrected chi connectivity index (χ4v) is 2.64. The van der Waals surface area contributed by atoms with Gasteiger partial charge in [0.1, 0.15) is 0 Å². The second-order valence-electron chi connectivity index (χ2n) is 5.71. The van der Waals surface area contributed by atoms with Crippen molar-refractivity contribution in [3.63, 3.8) is 0 Å². The minimum atomic E-state index is 0.444. The first-order chi connectivity index (χ1) is 12.1. The van der Waals surface area contributed by atoms with Crippen LogP contribution in [0.4, 0.5) is 0 Å². The van der Waals surface area contributed by atoms with Crippen molar-refractivity contribution in [2.75, 3.05) is 0 Å². The van der Waals surface area contributed by atoms with E-state index in [-0.39, 0.29) is 0 Å². The number of hydrogen-bond donors (Lipinski definition) is 1. The van der Waals surface area contributed by atoms with Gasteiger partial charge in [0.15, 0.2) is 0 Å². The van der Waals surface area contributed by atoms with Gasteiger partial charge in [0.25, 0.3) is 0 Å². The van der Waals surface area contributed by atoms with E-state index in [0.717, 1.165) is 24.8 Å². The van der Waals surface area contributed by atoms with Crippen molar-refractivity contribution >= 4 is 11.8 Å². The molecule has 0 saturated carbocycles. The second kappa shape index (κ2) is 13.4. The van der Waals surface area contributed by atoms with E-state index in [9.17, 15) is 0 Å². The molecule has 1 unspecified atom stereocenters. The van der Waals surface area contributed by atoms with Crippen LogP contribution in [0.5, 0.6) is 0 Å². The normalized spacial score (nSPS) is 16.0. The lowest BCUT2D eigenvalue weighted by Crippen LogP contribution is -2.11. The van der Waals surface area contributed by atoms with E-state index in [4.69, 9.17) is 5.41 Å². The Bertz CT molecular complexity index is 602. The highest BCUT2D eigenvalue weighted by atomic mass is 14.4.